The van der Waals surface area contributed by atoms with E-state index in [1.165, 1.54) is 12.8 Å². The Kier molecular flexibility index (Phi) is 7.87. The highest BCUT2D eigenvalue weighted by molar-refractivity contribution is 6.33. The molecule has 2 heterocycles. The second-order valence-electron chi connectivity index (χ2n) is 10.6. The Morgan fingerprint density at radius 2 is 1.81 bits per heavy atom. The first kappa shape index (κ1) is 26.2. The second-order valence-corrected chi connectivity index (χ2v) is 11.4. The number of halogens is 2. The average molecular weight is 546 g/mol. The SMILES string of the molecule is COc1ccc(C(=O)N2CCCC23CCCN(C(=O)CCc2cc(Cl)ccc2Cl)C3)cc1OCC1CC1. The van der Waals surface area contributed by atoms with Gasteiger partial charge in [-0.25, -0.2) is 0 Å². The lowest BCUT2D eigenvalue weighted by molar-refractivity contribution is -0.134. The van der Waals surface area contributed by atoms with E-state index < -0.39 is 0 Å². The molecule has 1 spiro atoms. The van der Waals surface area contributed by atoms with Gasteiger partial charge >= 0.3 is 0 Å². The molecule has 0 aromatic heterocycles. The van der Waals surface area contributed by atoms with Crippen molar-refractivity contribution in [3.8, 4) is 11.5 Å². The quantitative estimate of drug-likeness (QED) is 0.407. The number of nitrogens with zero attached hydrogens (tertiary/aromatic N) is 2. The maximum atomic E-state index is 13.8. The maximum Gasteiger partial charge on any atom is 0.254 e. The molecule has 1 aliphatic carbocycles. The number of amides is 2. The van der Waals surface area contributed by atoms with E-state index in [4.69, 9.17) is 32.7 Å². The summed E-state index contributed by atoms with van der Waals surface area (Å²) >= 11 is 12.4. The molecule has 37 heavy (non-hydrogen) atoms. The van der Waals surface area contributed by atoms with Crippen LogP contribution in [0.15, 0.2) is 36.4 Å². The van der Waals surface area contributed by atoms with E-state index in [1.54, 1.807) is 19.2 Å². The molecule has 6 nitrogen and oxygen atoms in total. The first-order valence-electron chi connectivity index (χ1n) is 13.2. The molecular weight excluding hydrogens is 511 g/mol. The molecule has 0 bridgehead atoms. The zero-order valence-electron chi connectivity index (χ0n) is 21.3. The van der Waals surface area contributed by atoms with Crippen LogP contribution in [0, 0.1) is 5.92 Å². The van der Waals surface area contributed by atoms with E-state index in [9.17, 15) is 9.59 Å². The first-order valence-corrected chi connectivity index (χ1v) is 14.0. The Morgan fingerprint density at radius 3 is 2.57 bits per heavy atom. The van der Waals surface area contributed by atoms with E-state index in [0.29, 0.717) is 72.1 Å². The third-order valence-corrected chi connectivity index (χ3v) is 8.55. The first-order chi connectivity index (χ1) is 17.9. The van der Waals surface area contributed by atoms with Crippen LogP contribution in [0.1, 0.15) is 60.9 Å². The highest BCUT2D eigenvalue weighted by Crippen LogP contribution is 2.40. The minimum absolute atomic E-state index is 0.00330. The fourth-order valence-corrected chi connectivity index (χ4v) is 6.12. The van der Waals surface area contributed by atoms with Gasteiger partial charge in [-0.1, -0.05) is 23.2 Å². The van der Waals surface area contributed by atoms with Gasteiger partial charge in [0.1, 0.15) is 0 Å². The molecule has 3 fully saturated rings. The van der Waals surface area contributed by atoms with Crippen LogP contribution < -0.4 is 9.47 Å². The topological polar surface area (TPSA) is 59.1 Å². The van der Waals surface area contributed by atoms with E-state index in [0.717, 1.165) is 31.2 Å². The van der Waals surface area contributed by atoms with Crippen LogP contribution in [0.5, 0.6) is 11.5 Å². The molecule has 8 heteroatoms. The van der Waals surface area contributed by atoms with Gasteiger partial charge in [0.15, 0.2) is 11.5 Å². The lowest BCUT2D eigenvalue weighted by atomic mass is 9.85. The van der Waals surface area contributed by atoms with Gasteiger partial charge in [0, 0.05) is 41.7 Å². The summed E-state index contributed by atoms with van der Waals surface area (Å²) in [5.74, 6) is 1.95. The molecule has 2 amide bonds. The molecule has 2 aromatic carbocycles. The normalized spacial score (nSPS) is 21.4. The molecule has 198 valence electrons. The van der Waals surface area contributed by atoms with Crippen molar-refractivity contribution in [1.82, 2.24) is 9.80 Å². The standard InChI is InChI=1S/C29H34Cl2N2O4/c1-36-25-10-6-22(17-26(25)37-18-20-4-5-20)28(35)33-15-3-13-29(33)12-2-14-32(19-29)27(34)11-7-21-16-23(30)8-9-24(21)31/h6,8-10,16-17,20H,2-5,7,11-15,18-19H2,1H3. The molecule has 0 radical (unpaired) electrons. The number of piperidine rings is 1. The van der Waals surface area contributed by atoms with Gasteiger partial charge < -0.3 is 19.3 Å². The van der Waals surface area contributed by atoms with E-state index in [1.807, 2.05) is 34.1 Å². The van der Waals surface area contributed by atoms with Crippen molar-refractivity contribution in [3.63, 3.8) is 0 Å². The van der Waals surface area contributed by atoms with Crippen molar-refractivity contribution in [2.24, 2.45) is 5.92 Å². The lowest BCUT2D eigenvalue weighted by Crippen LogP contribution is -2.58. The Morgan fingerprint density at radius 1 is 1.03 bits per heavy atom. The maximum absolute atomic E-state index is 13.8. The summed E-state index contributed by atoms with van der Waals surface area (Å²) in [6, 6.07) is 10.8. The van der Waals surface area contributed by atoms with Gasteiger partial charge in [0.2, 0.25) is 5.91 Å². The number of aryl methyl sites for hydroxylation is 1. The molecule has 2 aromatic rings. The van der Waals surface area contributed by atoms with Crippen molar-refractivity contribution in [2.75, 3.05) is 33.4 Å². The van der Waals surface area contributed by atoms with E-state index in [-0.39, 0.29) is 17.4 Å². The van der Waals surface area contributed by atoms with Crippen LogP contribution in [-0.2, 0) is 11.2 Å². The second kappa shape index (κ2) is 11.1. The molecule has 1 unspecified atom stereocenters. The zero-order valence-corrected chi connectivity index (χ0v) is 22.8. The molecule has 1 atom stereocenters. The Bertz CT molecular complexity index is 1170. The number of ether oxygens (including phenoxy) is 2. The van der Waals surface area contributed by atoms with E-state index >= 15 is 0 Å². The Labute approximate surface area is 228 Å². The van der Waals surface area contributed by atoms with Crippen molar-refractivity contribution in [1.29, 1.82) is 0 Å². The number of likely N-dealkylation sites (tertiary alicyclic amines) is 2. The highest BCUT2D eigenvalue weighted by Gasteiger charge is 2.47. The molecule has 0 N–H and O–H groups in total. The summed E-state index contributed by atoms with van der Waals surface area (Å²) in [4.78, 5) is 30.9. The van der Waals surface area contributed by atoms with Crippen molar-refractivity contribution >= 4 is 35.0 Å². The molecule has 5 rings (SSSR count). The summed E-state index contributed by atoms with van der Waals surface area (Å²) < 4.78 is 11.5. The fourth-order valence-electron chi connectivity index (χ4n) is 5.71. The smallest absolute Gasteiger partial charge is 0.254 e. The Hall–Kier alpha value is -2.44. The lowest BCUT2D eigenvalue weighted by Gasteiger charge is -2.46. The van der Waals surface area contributed by atoms with Crippen molar-refractivity contribution in [3.05, 3.63) is 57.6 Å². The Balaban J connectivity index is 1.28. The summed E-state index contributed by atoms with van der Waals surface area (Å²) in [5, 5.41) is 1.24. The van der Waals surface area contributed by atoms with Gasteiger partial charge in [-0.15, -0.1) is 0 Å². The minimum Gasteiger partial charge on any atom is -0.493 e. The van der Waals surface area contributed by atoms with Gasteiger partial charge in [-0.3, -0.25) is 9.59 Å². The van der Waals surface area contributed by atoms with Crippen LogP contribution in [0.4, 0.5) is 0 Å². The summed E-state index contributed by atoms with van der Waals surface area (Å²) in [5.41, 5.74) is 1.16. The van der Waals surface area contributed by atoms with Crippen LogP contribution >= 0.6 is 23.2 Å². The average Bonchev–Trinajstić information content (AvgIpc) is 3.66. The molecular formula is C29H34Cl2N2O4. The predicted octanol–water partition coefficient (Wildman–Crippen LogP) is 6.02. The summed E-state index contributed by atoms with van der Waals surface area (Å²) in [7, 11) is 1.62. The van der Waals surface area contributed by atoms with Gasteiger partial charge in [0.25, 0.3) is 5.91 Å². The number of carbonyl (C=O) groups excluding carboxylic acids is 2. The van der Waals surface area contributed by atoms with E-state index in [2.05, 4.69) is 0 Å². The van der Waals surface area contributed by atoms with Crippen LogP contribution in [0.3, 0.4) is 0 Å². The van der Waals surface area contributed by atoms with Gasteiger partial charge in [-0.05, 0) is 92.8 Å². The molecule has 3 aliphatic rings. The van der Waals surface area contributed by atoms with Crippen LogP contribution in [0.2, 0.25) is 10.0 Å². The third-order valence-electron chi connectivity index (χ3n) is 7.95. The minimum atomic E-state index is -0.326. The fraction of sp³-hybridized carbons (Fsp3) is 0.517. The summed E-state index contributed by atoms with van der Waals surface area (Å²) in [6.45, 7) is 2.64. The number of rotatable bonds is 8. The molecule has 2 aliphatic heterocycles. The third kappa shape index (κ3) is 5.85. The van der Waals surface area contributed by atoms with Crippen molar-refractivity contribution in [2.45, 2.75) is 56.9 Å². The number of hydrogen-bond acceptors (Lipinski definition) is 4. The predicted molar refractivity (Wildman–Crippen MR) is 145 cm³/mol. The largest absolute Gasteiger partial charge is 0.493 e. The number of methoxy groups -OCH3 is 1. The number of benzene rings is 2. The molecule has 1 saturated carbocycles. The zero-order chi connectivity index (χ0) is 26.0. The summed E-state index contributed by atoms with van der Waals surface area (Å²) in [6.07, 6.45) is 6.92. The van der Waals surface area contributed by atoms with Crippen LogP contribution in [-0.4, -0.2) is 60.5 Å². The molecule has 2 saturated heterocycles. The van der Waals surface area contributed by atoms with Crippen molar-refractivity contribution < 1.29 is 19.1 Å². The number of hydrogen-bond donors (Lipinski definition) is 0. The monoisotopic (exact) mass is 544 g/mol. The van der Waals surface area contributed by atoms with Gasteiger partial charge in [-0.2, -0.15) is 0 Å². The number of carbonyl (C=O) groups is 2. The highest BCUT2D eigenvalue weighted by atomic mass is 35.5. The van der Waals surface area contributed by atoms with Gasteiger partial charge in [0.05, 0.1) is 19.3 Å². The van der Waals surface area contributed by atoms with Crippen LogP contribution in [0.25, 0.3) is 0 Å².